The SMILES string of the molecule is Cn1cc(C(N)CCCC(=O)O)cn1. The Morgan fingerprint density at radius 3 is 3.00 bits per heavy atom. The number of nitrogens with two attached hydrogens (primary N) is 1. The molecule has 1 aromatic rings. The molecule has 0 aliphatic heterocycles. The summed E-state index contributed by atoms with van der Waals surface area (Å²) in [6.45, 7) is 0. The molecule has 1 atom stereocenters. The summed E-state index contributed by atoms with van der Waals surface area (Å²) >= 11 is 0. The second-order valence-electron chi connectivity index (χ2n) is 3.34. The summed E-state index contributed by atoms with van der Waals surface area (Å²) in [5.41, 5.74) is 6.80. The largest absolute Gasteiger partial charge is 0.481 e. The van der Waals surface area contributed by atoms with E-state index in [1.807, 2.05) is 13.2 Å². The second kappa shape index (κ2) is 4.76. The molecule has 0 fully saturated rings. The fourth-order valence-corrected chi connectivity index (χ4v) is 1.27. The van der Waals surface area contributed by atoms with E-state index in [4.69, 9.17) is 10.8 Å². The van der Waals surface area contributed by atoms with E-state index in [2.05, 4.69) is 5.10 Å². The number of carbonyl (C=O) groups is 1. The van der Waals surface area contributed by atoms with Crippen molar-refractivity contribution >= 4 is 5.97 Å². The molecule has 0 saturated heterocycles. The van der Waals surface area contributed by atoms with Crippen LogP contribution in [0.1, 0.15) is 30.9 Å². The number of hydrogen-bond donors (Lipinski definition) is 2. The minimum Gasteiger partial charge on any atom is -0.481 e. The Balaban J connectivity index is 2.35. The Hall–Kier alpha value is -1.36. The van der Waals surface area contributed by atoms with Crippen LogP contribution in [0.25, 0.3) is 0 Å². The van der Waals surface area contributed by atoms with Crippen LogP contribution in [0.4, 0.5) is 0 Å². The van der Waals surface area contributed by atoms with Gasteiger partial charge in [-0.25, -0.2) is 0 Å². The molecule has 5 nitrogen and oxygen atoms in total. The van der Waals surface area contributed by atoms with Gasteiger partial charge in [-0.1, -0.05) is 0 Å². The zero-order chi connectivity index (χ0) is 10.6. The minimum absolute atomic E-state index is 0.108. The van der Waals surface area contributed by atoms with Gasteiger partial charge in [-0.05, 0) is 12.8 Å². The number of carboxylic acids is 1. The molecule has 0 aliphatic carbocycles. The summed E-state index contributed by atoms with van der Waals surface area (Å²) in [4.78, 5) is 10.3. The summed E-state index contributed by atoms with van der Waals surface area (Å²) in [7, 11) is 1.83. The first-order valence-corrected chi connectivity index (χ1v) is 4.55. The smallest absolute Gasteiger partial charge is 0.303 e. The Morgan fingerprint density at radius 2 is 2.50 bits per heavy atom. The molecule has 78 valence electrons. The zero-order valence-corrected chi connectivity index (χ0v) is 8.18. The third-order valence-electron chi connectivity index (χ3n) is 2.06. The van der Waals surface area contributed by atoms with Gasteiger partial charge in [0.05, 0.1) is 6.20 Å². The van der Waals surface area contributed by atoms with Crippen molar-refractivity contribution in [3.05, 3.63) is 18.0 Å². The molecule has 14 heavy (non-hydrogen) atoms. The number of rotatable bonds is 5. The van der Waals surface area contributed by atoms with E-state index in [1.165, 1.54) is 0 Å². The van der Waals surface area contributed by atoms with Crippen molar-refractivity contribution in [3.8, 4) is 0 Å². The molecule has 1 rings (SSSR count). The van der Waals surface area contributed by atoms with E-state index < -0.39 is 5.97 Å². The third-order valence-corrected chi connectivity index (χ3v) is 2.06. The standard InChI is InChI=1S/C9H15N3O2/c1-12-6-7(5-11-12)8(10)3-2-4-9(13)14/h5-6,8H,2-4,10H2,1H3,(H,13,14). The number of nitrogens with zero attached hydrogens (tertiary/aromatic N) is 2. The van der Waals surface area contributed by atoms with Gasteiger partial charge in [0, 0.05) is 31.3 Å². The molecule has 0 spiro atoms. The van der Waals surface area contributed by atoms with E-state index in [0.717, 1.165) is 5.56 Å². The first-order chi connectivity index (χ1) is 6.59. The van der Waals surface area contributed by atoms with Gasteiger partial charge in [0.1, 0.15) is 0 Å². The second-order valence-corrected chi connectivity index (χ2v) is 3.34. The number of aromatic nitrogens is 2. The van der Waals surface area contributed by atoms with E-state index in [0.29, 0.717) is 12.8 Å². The number of aliphatic carboxylic acids is 1. The van der Waals surface area contributed by atoms with E-state index in [-0.39, 0.29) is 12.5 Å². The van der Waals surface area contributed by atoms with Crippen molar-refractivity contribution in [2.75, 3.05) is 0 Å². The Bertz CT molecular complexity index is 309. The highest BCUT2D eigenvalue weighted by Crippen LogP contribution is 2.15. The van der Waals surface area contributed by atoms with Gasteiger partial charge < -0.3 is 10.8 Å². The van der Waals surface area contributed by atoms with Crippen LogP contribution in [0.5, 0.6) is 0 Å². The van der Waals surface area contributed by atoms with Crippen molar-refractivity contribution in [2.45, 2.75) is 25.3 Å². The van der Waals surface area contributed by atoms with Crippen molar-refractivity contribution in [3.63, 3.8) is 0 Å². The van der Waals surface area contributed by atoms with Crippen LogP contribution in [0.3, 0.4) is 0 Å². The number of carboxylic acid groups (broad SMARTS) is 1. The van der Waals surface area contributed by atoms with Crippen LogP contribution in [0.15, 0.2) is 12.4 Å². The molecule has 3 N–H and O–H groups in total. The Labute approximate surface area is 82.5 Å². The first kappa shape index (κ1) is 10.7. The van der Waals surface area contributed by atoms with Crippen LogP contribution < -0.4 is 5.73 Å². The highest BCUT2D eigenvalue weighted by Gasteiger charge is 2.08. The normalized spacial score (nSPS) is 12.7. The van der Waals surface area contributed by atoms with Gasteiger partial charge in [-0.3, -0.25) is 9.48 Å². The highest BCUT2D eigenvalue weighted by atomic mass is 16.4. The fourth-order valence-electron chi connectivity index (χ4n) is 1.27. The lowest BCUT2D eigenvalue weighted by atomic mass is 10.1. The topological polar surface area (TPSA) is 81.1 Å². The first-order valence-electron chi connectivity index (χ1n) is 4.55. The Kier molecular flexibility index (Phi) is 3.64. The molecule has 0 aromatic carbocycles. The quantitative estimate of drug-likeness (QED) is 0.727. The van der Waals surface area contributed by atoms with Gasteiger partial charge in [-0.15, -0.1) is 0 Å². The van der Waals surface area contributed by atoms with E-state index in [9.17, 15) is 4.79 Å². The van der Waals surface area contributed by atoms with Crippen molar-refractivity contribution in [1.82, 2.24) is 9.78 Å². The summed E-state index contributed by atoms with van der Waals surface area (Å²) in [5.74, 6) is -0.775. The summed E-state index contributed by atoms with van der Waals surface area (Å²) in [5, 5.41) is 12.4. The molecule has 0 radical (unpaired) electrons. The molecule has 0 bridgehead atoms. The third kappa shape index (κ3) is 3.18. The maximum Gasteiger partial charge on any atom is 0.303 e. The molecular weight excluding hydrogens is 182 g/mol. The average Bonchev–Trinajstić information content (AvgIpc) is 2.51. The monoisotopic (exact) mass is 197 g/mol. The summed E-state index contributed by atoms with van der Waals surface area (Å²) < 4.78 is 1.69. The lowest BCUT2D eigenvalue weighted by Crippen LogP contribution is -2.10. The maximum absolute atomic E-state index is 10.3. The van der Waals surface area contributed by atoms with Crippen molar-refractivity contribution in [2.24, 2.45) is 12.8 Å². The van der Waals surface area contributed by atoms with Gasteiger partial charge >= 0.3 is 5.97 Å². The average molecular weight is 197 g/mol. The summed E-state index contributed by atoms with van der Waals surface area (Å²) in [6, 6.07) is -0.108. The highest BCUT2D eigenvalue weighted by molar-refractivity contribution is 5.66. The van der Waals surface area contributed by atoms with Crippen LogP contribution in [-0.4, -0.2) is 20.9 Å². The maximum atomic E-state index is 10.3. The molecule has 1 heterocycles. The molecule has 5 heteroatoms. The van der Waals surface area contributed by atoms with Gasteiger partial charge in [-0.2, -0.15) is 5.10 Å². The molecule has 0 aliphatic rings. The van der Waals surface area contributed by atoms with Crippen LogP contribution in [0.2, 0.25) is 0 Å². The minimum atomic E-state index is -0.775. The van der Waals surface area contributed by atoms with Crippen LogP contribution in [0, 0.1) is 0 Å². The number of aryl methyl sites for hydroxylation is 1. The lowest BCUT2D eigenvalue weighted by Gasteiger charge is -2.07. The fraction of sp³-hybridized carbons (Fsp3) is 0.556. The van der Waals surface area contributed by atoms with E-state index in [1.54, 1.807) is 10.9 Å². The lowest BCUT2D eigenvalue weighted by molar-refractivity contribution is -0.137. The van der Waals surface area contributed by atoms with Gasteiger partial charge in [0.25, 0.3) is 0 Å². The molecule has 0 saturated carbocycles. The molecule has 0 amide bonds. The van der Waals surface area contributed by atoms with Crippen molar-refractivity contribution < 1.29 is 9.90 Å². The Morgan fingerprint density at radius 1 is 1.79 bits per heavy atom. The van der Waals surface area contributed by atoms with Crippen molar-refractivity contribution in [1.29, 1.82) is 0 Å². The number of hydrogen-bond acceptors (Lipinski definition) is 3. The molecule has 1 unspecified atom stereocenters. The molecular formula is C9H15N3O2. The van der Waals surface area contributed by atoms with E-state index >= 15 is 0 Å². The van der Waals surface area contributed by atoms with Crippen LogP contribution >= 0.6 is 0 Å². The van der Waals surface area contributed by atoms with Crippen LogP contribution in [-0.2, 0) is 11.8 Å². The van der Waals surface area contributed by atoms with Gasteiger partial charge in [0.2, 0.25) is 0 Å². The summed E-state index contributed by atoms with van der Waals surface area (Å²) in [6.07, 6.45) is 5.02. The predicted octanol–water partition coefficient (Wildman–Crippen LogP) is 0.675. The zero-order valence-electron chi connectivity index (χ0n) is 8.18. The van der Waals surface area contributed by atoms with Gasteiger partial charge in [0.15, 0.2) is 0 Å². The molecule has 1 aromatic heterocycles. The predicted molar refractivity (Wildman–Crippen MR) is 51.6 cm³/mol.